The maximum Gasteiger partial charge on any atom is 0.171 e. The first-order chi connectivity index (χ1) is 10.6. The zero-order chi connectivity index (χ0) is 15.5. The van der Waals surface area contributed by atoms with Gasteiger partial charge in [0, 0.05) is 17.7 Å². The van der Waals surface area contributed by atoms with E-state index in [-0.39, 0.29) is 6.04 Å². The highest BCUT2D eigenvalue weighted by atomic mass is 32.1. The largest absolute Gasteiger partial charge is 0.493 e. The first-order valence-electron chi connectivity index (χ1n) is 7.50. The molecule has 22 heavy (non-hydrogen) atoms. The molecule has 0 amide bonds. The zero-order valence-corrected chi connectivity index (χ0v) is 13.7. The van der Waals surface area contributed by atoms with Crippen LogP contribution in [0.15, 0.2) is 42.5 Å². The number of anilines is 1. The minimum atomic E-state index is 0.189. The summed E-state index contributed by atoms with van der Waals surface area (Å²) in [5.74, 6) is 0.945. The summed E-state index contributed by atoms with van der Waals surface area (Å²) in [5, 5.41) is 7.41. The lowest BCUT2D eigenvalue weighted by atomic mass is 10.0. The number of para-hydroxylation sites is 2. The van der Waals surface area contributed by atoms with Crippen molar-refractivity contribution in [2.75, 3.05) is 11.9 Å². The fraction of sp³-hybridized carbons (Fsp3) is 0.278. The molecule has 0 saturated heterocycles. The molecule has 0 bridgehead atoms. The van der Waals surface area contributed by atoms with Crippen LogP contribution in [0, 0.1) is 13.8 Å². The molecule has 1 aliphatic heterocycles. The van der Waals surface area contributed by atoms with Crippen molar-refractivity contribution >= 4 is 23.0 Å². The van der Waals surface area contributed by atoms with Gasteiger partial charge in [-0.3, -0.25) is 0 Å². The molecule has 0 unspecified atom stereocenters. The van der Waals surface area contributed by atoms with E-state index < -0.39 is 0 Å². The van der Waals surface area contributed by atoms with E-state index in [1.165, 1.54) is 16.7 Å². The topological polar surface area (TPSA) is 33.3 Å². The Morgan fingerprint density at radius 3 is 2.59 bits per heavy atom. The molecular weight excluding hydrogens is 292 g/mol. The van der Waals surface area contributed by atoms with Gasteiger partial charge in [-0.15, -0.1) is 0 Å². The molecule has 0 spiro atoms. The second-order valence-corrected chi connectivity index (χ2v) is 6.00. The van der Waals surface area contributed by atoms with Crippen LogP contribution in [0.5, 0.6) is 5.75 Å². The van der Waals surface area contributed by atoms with Gasteiger partial charge in [0.2, 0.25) is 0 Å². The van der Waals surface area contributed by atoms with E-state index in [4.69, 9.17) is 17.0 Å². The molecule has 2 N–H and O–H groups in total. The highest BCUT2D eigenvalue weighted by molar-refractivity contribution is 7.80. The molecule has 0 aliphatic carbocycles. The average Bonchev–Trinajstić information content (AvgIpc) is 2.51. The molecular formula is C18H20N2OS. The fourth-order valence-electron chi connectivity index (χ4n) is 2.81. The minimum Gasteiger partial charge on any atom is -0.493 e. The Morgan fingerprint density at radius 2 is 1.82 bits per heavy atom. The molecule has 2 aromatic rings. The number of aryl methyl sites for hydroxylation is 2. The van der Waals surface area contributed by atoms with Gasteiger partial charge in [0.05, 0.1) is 12.6 Å². The van der Waals surface area contributed by atoms with Crippen LogP contribution in [-0.4, -0.2) is 11.7 Å². The van der Waals surface area contributed by atoms with E-state index in [9.17, 15) is 0 Å². The number of rotatable bonds is 2. The van der Waals surface area contributed by atoms with Crippen LogP contribution in [0.3, 0.4) is 0 Å². The van der Waals surface area contributed by atoms with Crippen molar-refractivity contribution in [1.29, 1.82) is 0 Å². The third-order valence-electron chi connectivity index (χ3n) is 3.98. The third kappa shape index (κ3) is 3.07. The van der Waals surface area contributed by atoms with Crippen molar-refractivity contribution in [3.63, 3.8) is 0 Å². The van der Waals surface area contributed by atoms with Crippen LogP contribution in [0.4, 0.5) is 5.69 Å². The maximum absolute atomic E-state index is 5.69. The van der Waals surface area contributed by atoms with Crippen LogP contribution in [0.1, 0.15) is 29.2 Å². The third-order valence-corrected chi connectivity index (χ3v) is 4.20. The fourth-order valence-corrected chi connectivity index (χ4v) is 3.06. The minimum absolute atomic E-state index is 0.189. The predicted molar refractivity (Wildman–Crippen MR) is 94.6 cm³/mol. The lowest BCUT2D eigenvalue weighted by molar-refractivity contribution is 0.262. The molecule has 1 aliphatic rings. The van der Waals surface area contributed by atoms with Gasteiger partial charge in [-0.2, -0.15) is 0 Å². The summed E-state index contributed by atoms with van der Waals surface area (Å²) in [7, 11) is 0. The molecule has 0 fully saturated rings. The number of nitrogens with one attached hydrogen (secondary N) is 2. The lowest BCUT2D eigenvalue weighted by Crippen LogP contribution is -2.35. The molecule has 0 aromatic heterocycles. The van der Waals surface area contributed by atoms with Gasteiger partial charge in [0.25, 0.3) is 0 Å². The summed E-state index contributed by atoms with van der Waals surface area (Å²) in [6, 6.07) is 14.5. The van der Waals surface area contributed by atoms with Crippen LogP contribution >= 0.6 is 12.2 Å². The van der Waals surface area contributed by atoms with Crippen molar-refractivity contribution in [2.45, 2.75) is 26.3 Å². The number of fused-ring (bicyclic) bond motifs is 1. The second-order valence-electron chi connectivity index (χ2n) is 5.59. The van der Waals surface area contributed by atoms with E-state index in [0.29, 0.717) is 11.7 Å². The van der Waals surface area contributed by atoms with Crippen LogP contribution in [0.2, 0.25) is 0 Å². The number of thiocarbonyl (C=S) groups is 1. The van der Waals surface area contributed by atoms with Gasteiger partial charge in [0.1, 0.15) is 5.75 Å². The van der Waals surface area contributed by atoms with E-state index in [2.05, 4.69) is 48.7 Å². The number of hydrogen-bond donors (Lipinski definition) is 2. The highest BCUT2D eigenvalue weighted by Gasteiger charge is 2.21. The first-order valence-corrected chi connectivity index (χ1v) is 7.91. The second kappa shape index (κ2) is 6.36. The van der Waals surface area contributed by atoms with Crippen molar-refractivity contribution in [3.05, 3.63) is 59.2 Å². The Hall–Kier alpha value is -2.07. The molecule has 0 radical (unpaired) electrons. The van der Waals surface area contributed by atoms with E-state index in [1.807, 2.05) is 18.2 Å². The lowest BCUT2D eigenvalue weighted by Gasteiger charge is -2.28. The van der Waals surface area contributed by atoms with Gasteiger partial charge >= 0.3 is 0 Å². The van der Waals surface area contributed by atoms with E-state index in [0.717, 1.165) is 17.9 Å². The Bertz CT molecular complexity index is 679. The first kappa shape index (κ1) is 14.9. The smallest absolute Gasteiger partial charge is 0.171 e. The van der Waals surface area contributed by atoms with E-state index >= 15 is 0 Å². The quantitative estimate of drug-likeness (QED) is 0.818. The molecule has 3 rings (SSSR count). The van der Waals surface area contributed by atoms with Gasteiger partial charge in [-0.05, 0) is 43.3 Å². The highest BCUT2D eigenvalue weighted by Crippen LogP contribution is 2.31. The van der Waals surface area contributed by atoms with Gasteiger partial charge in [-0.25, -0.2) is 0 Å². The Morgan fingerprint density at radius 1 is 1.09 bits per heavy atom. The standard InChI is InChI=1S/C18H20N2OS/c1-12-6-5-7-13(2)17(12)20-18(22)19-15-10-11-21-16-9-4-3-8-14(15)16/h3-9,15H,10-11H2,1-2H3,(H2,19,20,22)/t15-/m1/s1. The van der Waals surface area contributed by atoms with Gasteiger partial charge in [0.15, 0.2) is 5.11 Å². The molecule has 1 heterocycles. The molecule has 4 heteroatoms. The molecule has 0 saturated carbocycles. The van der Waals surface area contributed by atoms with Crippen LogP contribution in [0.25, 0.3) is 0 Å². The Labute approximate surface area is 136 Å². The SMILES string of the molecule is Cc1cccc(C)c1NC(=S)N[C@@H]1CCOc2ccccc21. The Balaban J connectivity index is 1.73. The molecule has 114 valence electrons. The molecule has 3 nitrogen and oxygen atoms in total. The zero-order valence-electron chi connectivity index (χ0n) is 12.8. The summed E-state index contributed by atoms with van der Waals surface area (Å²) in [4.78, 5) is 0. The number of hydrogen-bond acceptors (Lipinski definition) is 2. The van der Waals surface area contributed by atoms with Gasteiger partial charge < -0.3 is 15.4 Å². The molecule has 2 aromatic carbocycles. The maximum atomic E-state index is 5.69. The number of benzene rings is 2. The van der Waals surface area contributed by atoms with Crippen molar-refractivity contribution in [3.8, 4) is 5.75 Å². The summed E-state index contributed by atoms with van der Waals surface area (Å²) < 4.78 is 5.69. The Kier molecular flexibility index (Phi) is 4.29. The van der Waals surface area contributed by atoms with Crippen LogP contribution < -0.4 is 15.4 Å². The predicted octanol–water partition coefficient (Wildman–Crippen LogP) is 4.11. The summed E-state index contributed by atoms with van der Waals surface area (Å²) in [5.41, 5.74) is 4.63. The van der Waals surface area contributed by atoms with Crippen molar-refractivity contribution in [1.82, 2.24) is 5.32 Å². The monoisotopic (exact) mass is 312 g/mol. The summed E-state index contributed by atoms with van der Waals surface area (Å²) >= 11 is 5.50. The van der Waals surface area contributed by atoms with Crippen molar-refractivity contribution in [2.24, 2.45) is 0 Å². The molecule has 1 atom stereocenters. The normalized spacial score (nSPS) is 16.4. The van der Waals surface area contributed by atoms with E-state index in [1.54, 1.807) is 0 Å². The van der Waals surface area contributed by atoms with Crippen molar-refractivity contribution < 1.29 is 4.74 Å². The van der Waals surface area contributed by atoms with Gasteiger partial charge in [-0.1, -0.05) is 36.4 Å². The number of ether oxygens (including phenoxy) is 1. The summed E-state index contributed by atoms with van der Waals surface area (Å²) in [6.45, 7) is 4.88. The average molecular weight is 312 g/mol. The summed E-state index contributed by atoms with van der Waals surface area (Å²) in [6.07, 6.45) is 0.908. The van der Waals surface area contributed by atoms with Crippen LogP contribution in [-0.2, 0) is 0 Å².